The third kappa shape index (κ3) is 2.74. The Bertz CT molecular complexity index is 622. The predicted octanol–water partition coefficient (Wildman–Crippen LogP) is 2.14. The van der Waals surface area contributed by atoms with Crippen LogP contribution < -0.4 is 5.32 Å². The SMILES string of the molecule is c1ncc(CNc2ccc(-c3nnco3)cc2)cn1. The fourth-order valence-corrected chi connectivity index (χ4v) is 1.65. The molecule has 2 aromatic heterocycles. The van der Waals surface area contributed by atoms with E-state index in [0.29, 0.717) is 12.4 Å². The number of hydrogen-bond acceptors (Lipinski definition) is 6. The molecule has 0 bridgehead atoms. The highest BCUT2D eigenvalue weighted by molar-refractivity contribution is 5.58. The topological polar surface area (TPSA) is 76.7 Å². The molecule has 0 saturated heterocycles. The Morgan fingerprint density at radius 3 is 2.53 bits per heavy atom. The fraction of sp³-hybridized carbons (Fsp3) is 0.0769. The van der Waals surface area contributed by atoms with E-state index in [-0.39, 0.29) is 0 Å². The van der Waals surface area contributed by atoms with Crippen molar-refractivity contribution in [3.8, 4) is 11.5 Å². The van der Waals surface area contributed by atoms with Gasteiger partial charge in [-0.15, -0.1) is 10.2 Å². The van der Waals surface area contributed by atoms with Gasteiger partial charge in [0, 0.05) is 35.8 Å². The van der Waals surface area contributed by atoms with E-state index in [1.807, 2.05) is 24.3 Å². The van der Waals surface area contributed by atoms with Crippen molar-refractivity contribution in [1.29, 1.82) is 0 Å². The zero-order chi connectivity index (χ0) is 12.9. The Morgan fingerprint density at radius 2 is 1.84 bits per heavy atom. The van der Waals surface area contributed by atoms with Crippen LogP contribution in [0.3, 0.4) is 0 Å². The van der Waals surface area contributed by atoms with E-state index < -0.39 is 0 Å². The lowest BCUT2D eigenvalue weighted by molar-refractivity contribution is 0.568. The van der Waals surface area contributed by atoms with Gasteiger partial charge in [0.05, 0.1) is 0 Å². The number of anilines is 1. The highest BCUT2D eigenvalue weighted by atomic mass is 16.4. The van der Waals surface area contributed by atoms with Crippen molar-refractivity contribution in [1.82, 2.24) is 20.2 Å². The average molecular weight is 253 g/mol. The summed E-state index contributed by atoms with van der Waals surface area (Å²) >= 11 is 0. The molecule has 0 aliphatic heterocycles. The van der Waals surface area contributed by atoms with Crippen molar-refractivity contribution in [3.63, 3.8) is 0 Å². The highest BCUT2D eigenvalue weighted by Gasteiger charge is 2.02. The van der Waals surface area contributed by atoms with Crippen LogP contribution in [0.4, 0.5) is 5.69 Å². The average Bonchev–Trinajstić information content (AvgIpc) is 3.01. The van der Waals surface area contributed by atoms with E-state index in [1.165, 1.54) is 12.7 Å². The van der Waals surface area contributed by atoms with Crippen LogP contribution in [0.25, 0.3) is 11.5 Å². The molecule has 0 amide bonds. The molecule has 1 N–H and O–H groups in total. The van der Waals surface area contributed by atoms with E-state index in [0.717, 1.165) is 16.8 Å². The van der Waals surface area contributed by atoms with Gasteiger partial charge in [0.25, 0.3) is 0 Å². The fourth-order valence-electron chi connectivity index (χ4n) is 1.65. The Morgan fingerprint density at radius 1 is 1.05 bits per heavy atom. The molecule has 0 fully saturated rings. The van der Waals surface area contributed by atoms with Crippen LogP contribution in [0.2, 0.25) is 0 Å². The second-order valence-electron chi connectivity index (χ2n) is 3.92. The zero-order valence-corrected chi connectivity index (χ0v) is 10.0. The molecule has 6 heteroatoms. The Hall–Kier alpha value is -2.76. The van der Waals surface area contributed by atoms with Gasteiger partial charge in [-0.05, 0) is 24.3 Å². The lowest BCUT2D eigenvalue weighted by Crippen LogP contribution is -2.00. The number of aromatic nitrogens is 4. The minimum Gasteiger partial charge on any atom is -0.423 e. The lowest BCUT2D eigenvalue weighted by atomic mass is 10.2. The third-order valence-electron chi connectivity index (χ3n) is 2.60. The monoisotopic (exact) mass is 253 g/mol. The summed E-state index contributed by atoms with van der Waals surface area (Å²) in [5, 5.41) is 10.8. The van der Waals surface area contributed by atoms with Gasteiger partial charge in [0.2, 0.25) is 12.3 Å². The van der Waals surface area contributed by atoms with Gasteiger partial charge in [-0.25, -0.2) is 9.97 Å². The first-order valence-corrected chi connectivity index (χ1v) is 5.76. The highest BCUT2D eigenvalue weighted by Crippen LogP contribution is 2.19. The summed E-state index contributed by atoms with van der Waals surface area (Å²) in [5.74, 6) is 0.517. The standard InChI is InChI=1S/C13H11N5O/c1-3-12(16-7-10-5-14-8-15-6-10)4-2-11(1)13-18-17-9-19-13/h1-6,8-9,16H,7H2. The molecule has 2 heterocycles. The van der Waals surface area contributed by atoms with Gasteiger partial charge in [0.15, 0.2) is 0 Å². The summed E-state index contributed by atoms with van der Waals surface area (Å²) in [6.45, 7) is 0.681. The van der Waals surface area contributed by atoms with Gasteiger partial charge in [-0.1, -0.05) is 0 Å². The summed E-state index contributed by atoms with van der Waals surface area (Å²) < 4.78 is 5.13. The van der Waals surface area contributed by atoms with Crippen LogP contribution in [0.15, 0.2) is 53.8 Å². The number of rotatable bonds is 4. The Kier molecular flexibility index (Phi) is 3.14. The number of benzene rings is 1. The maximum absolute atomic E-state index is 5.13. The number of hydrogen-bond donors (Lipinski definition) is 1. The molecule has 3 rings (SSSR count). The summed E-state index contributed by atoms with van der Waals surface area (Å²) in [6.07, 6.45) is 6.40. The first kappa shape index (κ1) is 11.3. The van der Waals surface area contributed by atoms with Gasteiger partial charge in [-0.3, -0.25) is 0 Å². The third-order valence-corrected chi connectivity index (χ3v) is 2.60. The number of nitrogens with zero attached hydrogens (tertiary/aromatic N) is 4. The molecular formula is C13H11N5O. The smallest absolute Gasteiger partial charge is 0.247 e. The second-order valence-corrected chi connectivity index (χ2v) is 3.92. The summed E-state index contributed by atoms with van der Waals surface area (Å²) in [4.78, 5) is 7.93. The normalized spacial score (nSPS) is 10.3. The van der Waals surface area contributed by atoms with E-state index in [4.69, 9.17) is 4.42 Å². The van der Waals surface area contributed by atoms with Gasteiger partial charge in [0.1, 0.15) is 6.33 Å². The minimum atomic E-state index is 0.517. The van der Waals surface area contributed by atoms with E-state index in [2.05, 4.69) is 25.5 Å². The summed E-state index contributed by atoms with van der Waals surface area (Å²) in [7, 11) is 0. The van der Waals surface area contributed by atoms with Crippen LogP contribution >= 0.6 is 0 Å². The Balaban J connectivity index is 1.67. The zero-order valence-electron chi connectivity index (χ0n) is 10.0. The Labute approximate surface area is 109 Å². The maximum Gasteiger partial charge on any atom is 0.247 e. The van der Waals surface area contributed by atoms with Crippen LogP contribution in [-0.4, -0.2) is 20.2 Å². The van der Waals surface area contributed by atoms with E-state index in [1.54, 1.807) is 12.4 Å². The predicted molar refractivity (Wildman–Crippen MR) is 69.1 cm³/mol. The minimum absolute atomic E-state index is 0.517. The molecule has 0 radical (unpaired) electrons. The maximum atomic E-state index is 5.13. The van der Waals surface area contributed by atoms with E-state index in [9.17, 15) is 0 Å². The van der Waals surface area contributed by atoms with Crippen molar-refractivity contribution in [3.05, 3.63) is 54.9 Å². The van der Waals surface area contributed by atoms with Gasteiger partial charge >= 0.3 is 0 Å². The molecule has 3 aromatic rings. The molecule has 0 atom stereocenters. The van der Waals surface area contributed by atoms with Gasteiger partial charge in [-0.2, -0.15) is 0 Å². The molecular weight excluding hydrogens is 242 g/mol. The van der Waals surface area contributed by atoms with Crippen molar-refractivity contribution in [2.75, 3.05) is 5.32 Å². The summed E-state index contributed by atoms with van der Waals surface area (Å²) in [6, 6.07) is 7.78. The van der Waals surface area contributed by atoms with Crippen LogP contribution in [0.1, 0.15) is 5.56 Å². The van der Waals surface area contributed by atoms with Gasteiger partial charge < -0.3 is 9.73 Å². The van der Waals surface area contributed by atoms with Crippen LogP contribution in [-0.2, 0) is 6.54 Å². The molecule has 0 aliphatic rings. The molecule has 0 aliphatic carbocycles. The quantitative estimate of drug-likeness (QED) is 0.767. The molecule has 19 heavy (non-hydrogen) atoms. The lowest BCUT2D eigenvalue weighted by Gasteiger charge is -2.06. The van der Waals surface area contributed by atoms with Crippen molar-refractivity contribution >= 4 is 5.69 Å². The molecule has 94 valence electrons. The molecule has 0 spiro atoms. The summed E-state index contributed by atoms with van der Waals surface area (Å²) in [5.41, 5.74) is 2.93. The molecule has 0 saturated carbocycles. The van der Waals surface area contributed by atoms with Crippen molar-refractivity contribution in [2.45, 2.75) is 6.54 Å². The van der Waals surface area contributed by atoms with Crippen LogP contribution in [0, 0.1) is 0 Å². The second kappa shape index (κ2) is 5.26. The van der Waals surface area contributed by atoms with Crippen molar-refractivity contribution < 1.29 is 4.42 Å². The molecule has 0 unspecified atom stereocenters. The molecule has 1 aromatic carbocycles. The van der Waals surface area contributed by atoms with E-state index >= 15 is 0 Å². The number of nitrogens with one attached hydrogen (secondary N) is 1. The first-order valence-electron chi connectivity index (χ1n) is 5.76. The molecule has 6 nitrogen and oxygen atoms in total. The van der Waals surface area contributed by atoms with Crippen LogP contribution in [0.5, 0.6) is 0 Å². The van der Waals surface area contributed by atoms with Crippen molar-refractivity contribution in [2.24, 2.45) is 0 Å². The first-order chi connectivity index (χ1) is 9.42. The largest absolute Gasteiger partial charge is 0.423 e.